The van der Waals surface area contributed by atoms with Crippen LogP contribution in [-0.2, 0) is 6.54 Å². The number of hydrogen-bond donors (Lipinski definition) is 1. The molecule has 2 heterocycles. The van der Waals surface area contributed by atoms with Crippen LogP contribution in [-0.4, -0.2) is 22.4 Å². The van der Waals surface area contributed by atoms with Gasteiger partial charge in [-0.1, -0.05) is 23.4 Å². The molecular weight excluding hydrogens is 250 g/mol. The minimum Gasteiger partial charge on any atom is -0.411 e. The molecule has 0 saturated heterocycles. The van der Waals surface area contributed by atoms with Crippen molar-refractivity contribution in [2.45, 2.75) is 19.4 Å². The van der Waals surface area contributed by atoms with Crippen molar-refractivity contribution in [3.8, 4) is 0 Å². The van der Waals surface area contributed by atoms with E-state index in [1.165, 1.54) is 5.56 Å². The highest BCUT2D eigenvalue weighted by molar-refractivity contribution is 6.05. The van der Waals surface area contributed by atoms with Crippen LogP contribution in [0.2, 0.25) is 0 Å². The zero-order valence-electron chi connectivity index (χ0n) is 11.2. The van der Waals surface area contributed by atoms with Gasteiger partial charge in [-0.25, -0.2) is 0 Å². The second-order valence-corrected chi connectivity index (χ2v) is 4.94. The second kappa shape index (κ2) is 5.74. The van der Waals surface area contributed by atoms with E-state index in [1.54, 1.807) is 0 Å². The van der Waals surface area contributed by atoms with Crippen LogP contribution in [0.25, 0.3) is 0 Å². The number of anilines is 1. The lowest BCUT2D eigenvalue weighted by atomic mass is 10.1. The van der Waals surface area contributed by atoms with Gasteiger partial charge in [-0.15, -0.1) is 0 Å². The van der Waals surface area contributed by atoms with Gasteiger partial charge < -0.3 is 10.1 Å². The number of pyridine rings is 1. The van der Waals surface area contributed by atoms with Crippen LogP contribution in [0.4, 0.5) is 5.69 Å². The summed E-state index contributed by atoms with van der Waals surface area (Å²) in [4.78, 5) is 6.39. The molecule has 1 aromatic heterocycles. The Balaban J connectivity index is 1.95. The predicted molar refractivity (Wildman–Crippen MR) is 79.3 cm³/mol. The number of nitrogens with zero attached hydrogens (tertiary/aromatic N) is 3. The molecule has 0 amide bonds. The van der Waals surface area contributed by atoms with Gasteiger partial charge in [0.1, 0.15) is 0 Å². The molecule has 20 heavy (non-hydrogen) atoms. The zero-order chi connectivity index (χ0) is 13.8. The zero-order valence-corrected chi connectivity index (χ0v) is 11.2. The lowest BCUT2D eigenvalue weighted by Gasteiger charge is -2.24. The molecule has 1 aromatic carbocycles. The van der Waals surface area contributed by atoms with E-state index < -0.39 is 0 Å². The lowest BCUT2D eigenvalue weighted by molar-refractivity contribution is 0.318. The van der Waals surface area contributed by atoms with Gasteiger partial charge in [-0.3, -0.25) is 4.98 Å². The van der Waals surface area contributed by atoms with Crippen molar-refractivity contribution in [1.82, 2.24) is 4.98 Å². The highest BCUT2D eigenvalue weighted by atomic mass is 16.4. The SMILES string of the molecule is O/N=C1/CCCN(Cc2ccncc2)c2ccccc21. The minimum atomic E-state index is 0.776. The summed E-state index contributed by atoms with van der Waals surface area (Å²) < 4.78 is 0. The van der Waals surface area contributed by atoms with Crippen molar-refractivity contribution in [1.29, 1.82) is 0 Å². The molecule has 0 radical (unpaired) electrons. The quantitative estimate of drug-likeness (QED) is 0.672. The average molecular weight is 267 g/mol. The number of oxime groups is 1. The van der Waals surface area contributed by atoms with Gasteiger partial charge in [0.15, 0.2) is 0 Å². The summed E-state index contributed by atoms with van der Waals surface area (Å²) in [6.45, 7) is 1.80. The topological polar surface area (TPSA) is 48.7 Å². The third-order valence-electron chi connectivity index (χ3n) is 3.64. The van der Waals surface area contributed by atoms with Crippen molar-refractivity contribution in [3.63, 3.8) is 0 Å². The Morgan fingerprint density at radius 3 is 2.75 bits per heavy atom. The Bertz CT molecular complexity index is 610. The number of rotatable bonds is 2. The van der Waals surface area contributed by atoms with Crippen LogP contribution in [0.1, 0.15) is 24.0 Å². The number of hydrogen-bond acceptors (Lipinski definition) is 4. The van der Waals surface area contributed by atoms with Crippen molar-refractivity contribution in [3.05, 3.63) is 59.9 Å². The molecule has 3 rings (SSSR count). The molecule has 1 aliphatic heterocycles. The summed E-state index contributed by atoms with van der Waals surface area (Å²) in [5.41, 5.74) is 4.17. The fourth-order valence-corrected chi connectivity index (χ4v) is 2.66. The Hall–Kier alpha value is -2.36. The largest absolute Gasteiger partial charge is 0.411 e. The molecule has 4 nitrogen and oxygen atoms in total. The molecule has 1 aliphatic rings. The van der Waals surface area contributed by atoms with Crippen LogP contribution in [0.3, 0.4) is 0 Å². The number of benzene rings is 1. The van der Waals surface area contributed by atoms with Crippen LogP contribution in [0.15, 0.2) is 53.9 Å². The summed E-state index contributed by atoms with van der Waals surface area (Å²) in [5.74, 6) is 0. The first-order chi connectivity index (χ1) is 9.88. The number of para-hydroxylation sites is 1. The normalized spacial score (nSPS) is 16.8. The van der Waals surface area contributed by atoms with Gasteiger partial charge in [0, 0.05) is 36.7 Å². The smallest absolute Gasteiger partial charge is 0.0889 e. The number of aromatic nitrogens is 1. The summed E-state index contributed by atoms with van der Waals surface area (Å²) in [6, 6.07) is 12.2. The Labute approximate surface area is 118 Å². The summed E-state index contributed by atoms with van der Waals surface area (Å²) in [6.07, 6.45) is 5.43. The first-order valence-electron chi connectivity index (χ1n) is 6.82. The van der Waals surface area contributed by atoms with Gasteiger partial charge in [0.2, 0.25) is 0 Å². The fraction of sp³-hybridized carbons (Fsp3) is 0.250. The van der Waals surface area contributed by atoms with Gasteiger partial charge >= 0.3 is 0 Å². The van der Waals surface area contributed by atoms with Crippen molar-refractivity contribution in [2.75, 3.05) is 11.4 Å². The van der Waals surface area contributed by atoms with Crippen LogP contribution < -0.4 is 4.90 Å². The first-order valence-corrected chi connectivity index (χ1v) is 6.82. The van der Waals surface area contributed by atoms with Gasteiger partial charge in [0.05, 0.1) is 5.71 Å². The maximum Gasteiger partial charge on any atom is 0.0889 e. The monoisotopic (exact) mass is 267 g/mol. The predicted octanol–water partition coefficient (Wildman–Crippen LogP) is 3.06. The van der Waals surface area contributed by atoms with E-state index >= 15 is 0 Å². The molecule has 0 saturated carbocycles. The first kappa shape index (κ1) is 12.7. The molecule has 4 heteroatoms. The van der Waals surface area contributed by atoms with E-state index in [4.69, 9.17) is 0 Å². The Kier molecular flexibility index (Phi) is 3.63. The van der Waals surface area contributed by atoms with E-state index in [9.17, 15) is 5.21 Å². The summed E-state index contributed by atoms with van der Waals surface area (Å²) in [5, 5.41) is 12.7. The van der Waals surface area contributed by atoms with Crippen molar-refractivity contribution in [2.24, 2.45) is 5.16 Å². The number of fused-ring (bicyclic) bond motifs is 1. The molecule has 0 aliphatic carbocycles. The average Bonchev–Trinajstić information content (AvgIpc) is 2.68. The van der Waals surface area contributed by atoms with Crippen molar-refractivity contribution < 1.29 is 5.21 Å². The maximum absolute atomic E-state index is 9.20. The Morgan fingerprint density at radius 1 is 1.15 bits per heavy atom. The molecule has 102 valence electrons. The van der Waals surface area contributed by atoms with Gasteiger partial charge in [0.25, 0.3) is 0 Å². The van der Waals surface area contributed by atoms with E-state index in [0.717, 1.165) is 42.9 Å². The van der Waals surface area contributed by atoms with E-state index in [-0.39, 0.29) is 0 Å². The molecule has 0 atom stereocenters. The van der Waals surface area contributed by atoms with Gasteiger partial charge in [-0.2, -0.15) is 0 Å². The molecule has 0 spiro atoms. The maximum atomic E-state index is 9.20. The highest BCUT2D eigenvalue weighted by Gasteiger charge is 2.19. The standard InChI is InChI=1S/C16H17N3O/c20-18-15-5-3-11-19(12-13-7-9-17-10-8-13)16-6-2-1-4-14(15)16/h1-2,4,6-10,20H,3,5,11-12H2/b18-15-. The third-order valence-corrected chi connectivity index (χ3v) is 3.64. The molecule has 2 aromatic rings. The molecule has 0 unspecified atom stereocenters. The Morgan fingerprint density at radius 2 is 1.95 bits per heavy atom. The summed E-state index contributed by atoms with van der Waals surface area (Å²) in [7, 11) is 0. The third kappa shape index (κ3) is 2.50. The van der Waals surface area contributed by atoms with E-state index in [0.29, 0.717) is 0 Å². The lowest BCUT2D eigenvalue weighted by Crippen LogP contribution is -2.23. The van der Waals surface area contributed by atoms with Gasteiger partial charge in [-0.05, 0) is 36.6 Å². The molecule has 0 fully saturated rings. The highest BCUT2D eigenvalue weighted by Crippen LogP contribution is 2.27. The minimum absolute atomic E-state index is 0.776. The van der Waals surface area contributed by atoms with Crippen LogP contribution in [0.5, 0.6) is 0 Å². The fourth-order valence-electron chi connectivity index (χ4n) is 2.66. The van der Waals surface area contributed by atoms with Crippen molar-refractivity contribution >= 4 is 11.4 Å². The summed E-state index contributed by atoms with van der Waals surface area (Å²) >= 11 is 0. The molecule has 1 N–H and O–H groups in total. The molecule has 0 bridgehead atoms. The van der Waals surface area contributed by atoms with Crippen LogP contribution >= 0.6 is 0 Å². The van der Waals surface area contributed by atoms with Crippen LogP contribution in [0, 0.1) is 0 Å². The van der Waals surface area contributed by atoms with E-state index in [2.05, 4.69) is 21.1 Å². The molecular formula is C16H17N3O. The second-order valence-electron chi connectivity index (χ2n) is 4.94. The van der Waals surface area contributed by atoms with E-state index in [1.807, 2.05) is 42.7 Å².